The minimum absolute atomic E-state index is 0.0328. The second kappa shape index (κ2) is 5.59. The standard InChI is InChI=1S/C12H11NO4S/c14-10(15)6-3-7-11(16)17-12-13-8-4-1-2-5-9(8)18-12/h1-2,4-5H,3,6-7H2,(H,14,15). The molecule has 1 N–H and O–H groups in total. The molecule has 6 heteroatoms. The van der Waals surface area contributed by atoms with E-state index in [1.165, 1.54) is 11.3 Å². The summed E-state index contributed by atoms with van der Waals surface area (Å²) in [5.74, 6) is -1.36. The van der Waals surface area contributed by atoms with Gasteiger partial charge in [0.15, 0.2) is 0 Å². The van der Waals surface area contributed by atoms with Crippen molar-refractivity contribution >= 4 is 33.5 Å². The first-order valence-corrected chi connectivity index (χ1v) is 6.25. The number of aromatic nitrogens is 1. The van der Waals surface area contributed by atoms with Gasteiger partial charge in [0.05, 0.1) is 10.2 Å². The van der Waals surface area contributed by atoms with Crippen LogP contribution in [0.25, 0.3) is 10.2 Å². The van der Waals surface area contributed by atoms with E-state index in [-0.39, 0.29) is 19.3 Å². The number of hydrogen-bond donors (Lipinski definition) is 1. The number of carbonyl (C=O) groups excluding carboxylic acids is 1. The van der Waals surface area contributed by atoms with E-state index in [9.17, 15) is 9.59 Å². The van der Waals surface area contributed by atoms with E-state index in [1.807, 2.05) is 24.3 Å². The average Bonchev–Trinajstić information content (AvgIpc) is 2.70. The molecule has 0 radical (unpaired) electrons. The number of carboxylic acids is 1. The van der Waals surface area contributed by atoms with E-state index < -0.39 is 11.9 Å². The highest BCUT2D eigenvalue weighted by molar-refractivity contribution is 7.20. The van der Waals surface area contributed by atoms with Crippen molar-refractivity contribution in [2.45, 2.75) is 19.3 Å². The molecule has 1 heterocycles. The fourth-order valence-corrected chi connectivity index (χ4v) is 2.26. The summed E-state index contributed by atoms with van der Waals surface area (Å²) in [5.41, 5.74) is 0.788. The average molecular weight is 265 g/mol. The smallest absolute Gasteiger partial charge is 0.313 e. The molecule has 0 bridgehead atoms. The van der Waals surface area contributed by atoms with Crippen LogP contribution in [0.1, 0.15) is 19.3 Å². The van der Waals surface area contributed by atoms with Gasteiger partial charge in [-0.15, -0.1) is 0 Å². The largest absolute Gasteiger partial charge is 0.481 e. The minimum Gasteiger partial charge on any atom is -0.481 e. The molecule has 0 saturated carbocycles. The van der Waals surface area contributed by atoms with Gasteiger partial charge in [-0.25, -0.2) is 4.98 Å². The highest BCUT2D eigenvalue weighted by Gasteiger charge is 2.10. The molecule has 0 aliphatic rings. The number of benzene rings is 1. The lowest BCUT2D eigenvalue weighted by atomic mass is 10.2. The number of carboxylic acid groups (broad SMARTS) is 1. The summed E-state index contributed by atoms with van der Waals surface area (Å²) in [4.78, 5) is 25.9. The van der Waals surface area contributed by atoms with Crippen molar-refractivity contribution < 1.29 is 19.4 Å². The number of hydrogen-bond acceptors (Lipinski definition) is 5. The Kier molecular flexibility index (Phi) is 3.88. The molecular formula is C12H11NO4S. The number of nitrogens with zero attached hydrogens (tertiary/aromatic N) is 1. The molecule has 0 fully saturated rings. The molecule has 0 unspecified atom stereocenters. The maximum Gasteiger partial charge on any atom is 0.313 e. The maximum atomic E-state index is 11.4. The monoisotopic (exact) mass is 265 g/mol. The minimum atomic E-state index is -0.914. The predicted molar refractivity (Wildman–Crippen MR) is 66.7 cm³/mol. The van der Waals surface area contributed by atoms with Crippen LogP contribution in [0.5, 0.6) is 5.19 Å². The Labute approximate surface area is 107 Å². The van der Waals surface area contributed by atoms with Crippen molar-refractivity contribution in [1.82, 2.24) is 4.98 Å². The van der Waals surface area contributed by atoms with E-state index in [0.29, 0.717) is 5.19 Å². The molecule has 94 valence electrons. The zero-order valence-corrected chi connectivity index (χ0v) is 10.3. The Morgan fingerprint density at radius 2 is 2.06 bits per heavy atom. The van der Waals surface area contributed by atoms with Gasteiger partial charge in [-0.3, -0.25) is 9.59 Å². The summed E-state index contributed by atoms with van der Waals surface area (Å²) in [6.07, 6.45) is 0.330. The molecule has 1 aromatic carbocycles. The third-order valence-electron chi connectivity index (χ3n) is 2.25. The molecule has 0 aliphatic carbocycles. The lowest BCUT2D eigenvalue weighted by molar-refractivity contribution is -0.137. The van der Waals surface area contributed by atoms with Crippen molar-refractivity contribution in [2.75, 3.05) is 0 Å². The van der Waals surface area contributed by atoms with Crippen LogP contribution in [0.15, 0.2) is 24.3 Å². The highest BCUT2D eigenvalue weighted by Crippen LogP contribution is 2.27. The lowest BCUT2D eigenvalue weighted by Gasteiger charge is -1.98. The third kappa shape index (κ3) is 3.27. The maximum absolute atomic E-state index is 11.4. The lowest BCUT2D eigenvalue weighted by Crippen LogP contribution is -2.08. The van der Waals surface area contributed by atoms with Crippen LogP contribution in [0.4, 0.5) is 0 Å². The normalized spacial score (nSPS) is 10.4. The van der Waals surface area contributed by atoms with Crippen LogP contribution in [-0.4, -0.2) is 22.0 Å². The SMILES string of the molecule is O=C(O)CCCC(=O)Oc1nc2ccccc2s1. The zero-order chi connectivity index (χ0) is 13.0. The summed E-state index contributed by atoms with van der Waals surface area (Å²) < 4.78 is 6.01. The summed E-state index contributed by atoms with van der Waals surface area (Å²) in [7, 11) is 0. The second-order valence-electron chi connectivity index (χ2n) is 3.67. The van der Waals surface area contributed by atoms with E-state index in [1.54, 1.807) is 0 Å². The number of aliphatic carboxylic acids is 1. The van der Waals surface area contributed by atoms with Gasteiger partial charge in [0.25, 0.3) is 5.19 Å². The number of esters is 1. The molecule has 2 rings (SSSR count). The molecule has 5 nitrogen and oxygen atoms in total. The van der Waals surface area contributed by atoms with Crippen molar-refractivity contribution in [1.29, 1.82) is 0 Å². The molecule has 0 atom stereocenters. The summed E-state index contributed by atoms with van der Waals surface area (Å²) in [6.45, 7) is 0. The molecule has 0 spiro atoms. The quantitative estimate of drug-likeness (QED) is 0.840. The van der Waals surface area contributed by atoms with Gasteiger partial charge >= 0.3 is 11.9 Å². The van der Waals surface area contributed by atoms with Crippen molar-refractivity contribution in [2.24, 2.45) is 0 Å². The Hall–Kier alpha value is -1.95. The number of rotatable bonds is 5. The summed E-state index contributed by atoms with van der Waals surface area (Å²) in [6, 6.07) is 7.49. The van der Waals surface area contributed by atoms with Crippen LogP contribution in [0.3, 0.4) is 0 Å². The molecular weight excluding hydrogens is 254 g/mol. The fourth-order valence-electron chi connectivity index (χ4n) is 1.43. The van der Waals surface area contributed by atoms with Gasteiger partial charge in [-0.1, -0.05) is 23.5 Å². The van der Waals surface area contributed by atoms with Crippen molar-refractivity contribution in [3.8, 4) is 5.19 Å². The Morgan fingerprint density at radius 1 is 1.28 bits per heavy atom. The predicted octanol–water partition coefficient (Wildman–Crippen LogP) is 2.46. The van der Waals surface area contributed by atoms with Gasteiger partial charge in [0, 0.05) is 12.8 Å². The summed E-state index contributed by atoms with van der Waals surface area (Å²) in [5, 5.41) is 8.75. The first kappa shape index (κ1) is 12.5. The van der Waals surface area contributed by atoms with Crippen LogP contribution in [0, 0.1) is 0 Å². The van der Waals surface area contributed by atoms with E-state index in [0.717, 1.165) is 10.2 Å². The highest BCUT2D eigenvalue weighted by atomic mass is 32.1. The topological polar surface area (TPSA) is 76.5 Å². The van der Waals surface area contributed by atoms with Crippen molar-refractivity contribution in [3.63, 3.8) is 0 Å². The van der Waals surface area contributed by atoms with Crippen LogP contribution < -0.4 is 4.74 Å². The van der Waals surface area contributed by atoms with Crippen LogP contribution in [0.2, 0.25) is 0 Å². The molecule has 0 saturated heterocycles. The molecule has 2 aromatic rings. The molecule has 0 amide bonds. The summed E-state index contributed by atoms with van der Waals surface area (Å²) >= 11 is 1.29. The molecule has 18 heavy (non-hydrogen) atoms. The fraction of sp³-hybridized carbons (Fsp3) is 0.250. The Morgan fingerprint density at radius 3 is 2.78 bits per heavy atom. The van der Waals surface area contributed by atoms with Crippen LogP contribution in [-0.2, 0) is 9.59 Å². The first-order chi connectivity index (χ1) is 8.65. The van der Waals surface area contributed by atoms with Gasteiger partial charge < -0.3 is 9.84 Å². The number of fused-ring (bicyclic) bond motifs is 1. The van der Waals surface area contributed by atoms with E-state index >= 15 is 0 Å². The van der Waals surface area contributed by atoms with E-state index in [2.05, 4.69) is 4.98 Å². The van der Waals surface area contributed by atoms with Crippen LogP contribution >= 0.6 is 11.3 Å². The van der Waals surface area contributed by atoms with Gasteiger partial charge in [-0.2, -0.15) is 0 Å². The van der Waals surface area contributed by atoms with Gasteiger partial charge in [-0.05, 0) is 18.6 Å². The van der Waals surface area contributed by atoms with Crippen molar-refractivity contribution in [3.05, 3.63) is 24.3 Å². The van der Waals surface area contributed by atoms with Gasteiger partial charge in [0.1, 0.15) is 0 Å². The first-order valence-electron chi connectivity index (χ1n) is 5.43. The Bertz CT molecular complexity index is 545. The van der Waals surface area contributed by atoms with Gasteiger partial charge in [0.2, 0.25) is 0 Å². The third-order valence-corrected chi connectivity index (χ3v) is 3.16. The second-order valence-corrected chi connectivity index (χ2v) is 4.66. The zero-order valence-electron chi connectivity index (χ0n) is 9.46. The van der Waals surface area contributed by atoms with E-state index in [4.69, 9.17) is 9.84 Å². The molecule has 1 aromatic heterocycles. The molecule has 0 aliphatic heterocycles. The number of para-hydroxylation sites is 1. The number of ether oxygens (including phenoxy) is 1. The Balaban J connectivity index is 1.92. The number of carbonyl (C=O) groups is 2. The number of thiazole rings is 1.